The molecule has 1 fully saturated rings. The fourth-order valence-electron chi connectivity index (χ4n) is 4.11. The van der Waals surface area contributed by atoms with E-state index in [1.807, 2.05) is 48.9 Å². The van der Waals surface area contributed by atoms with Gasteiger partial charge in [0.25, 0.3) is 5.91 Å². The maximum absolute atomic E-state index is 12.9. The van der Waals surface area contributed by atoms with Crippen molar-refractivity contribution >= 4 is 16.8 Å². The third kappa shape index (κ3) is 3.76. The highest BCUT2D eigenvalue weighted by Crippen LogP contribution is 2.26. The van der Waals surface area contributed by atoms with Crippen molar-refractivity contribution in [2.24, 2.45) is 0 Å². The van der Waals surface area contributed by atoms with Crippen molar-refractivity contribution in [2.45, 2.75) is 32.9 Å². The molecule has 0 spiro atoms. The number of ether oxygens (including phenoxy) is 1. The Morgan fingerprint density at radius 3 is 2.97 bits per heavy atom. The van der Waals surface area contributed by atoms with Crippen LogP contribution in [0.1, 0.15) is 40.2 Å². The molecule has 8 nitrogen and oxygen atoms in total. The molecule has 1 aromatic carbocycles. The molecule has 0 unspecified atom stereocenters. The van der Waals surface area contributed by atoms with Crippen molar-refractivity contribution in [2.75, 3.05) is 13.1 Å². The molecule has 8 heteroatoms. The van der Waals surface area contributed by atoms with E-state index in [2.05, 4.69) is 21.1 Å². The minimum Gasteiger partial charge on any atom is -0.482 e. The summed E-state index contributed by atoms with van der Waals surface area (Å²) < 4.78 is 13.4. The Hall–Kier alpha value is -3.68. The van der Waals surface area contributed by atoms with Crippen molar-refractivity contribution in [3.63, 3.8) is 0 Å². The van der Waals surface area contributed by atoms with Crippen LogP contribution in [0.5, 0.6) is 5.75 Å². The number of hydrogen-bond donors (Lipinski definition) is 0. The number of aromatic nitrogens is 4. The second kappa shape index (κ2) is 7.86. The quantitative estimate of drug-likeness (QED) is 0.492. The lowest BCUT2D eigenvalue weighted by Gasteiger charge is -2.16. The molecule has 0 N–H and O–H groups in total. The summed E-state index contributed by atoms with van der Waals surface area (Å²) in [7, 11) is 0. The fourth-order valence-corrected chi connectivity index (χ4v) is 4.11. The monoisotopic (exact) mass is 417 g/mol. The van der Waals surface area contributed by atoms with Gasteiger partial charge in [0, 0.05) is 30.4 Å². The van der Waals surface area contributed by atoms with E-state index in [0.29, 0.717) is 30.4 Å². The maximum atomic E-state index is 12.9. The van der Waals surface area contributed by atoms with Crippen LogP contribution in [0, 0.1) is 13.8 Å². The minimum absolute atomic E-state index is 0.122. The van der Waals surface area contributed by atoms with E-state index in [-0.39, 0.29) is 18.6 Å². The lowest BCUT2D eigenvalue weighted by molar-refractivity contribution is 0.0781. The van der Waals surface area contributed by atoms with Crippen molar-refractivity contribution in [1.82, 2.24) is 24.6 Å². The number of fused-ring (bicyclic) bond motifs is 1. The molecule has 1 atom stereocenters. The third-order valence-corrected chi connectivity index (χ3v) is 5.56. The summed E-state index contributed by atoms with van der Waals surface area (Å²) in [5.74, 6) is 0.868. The molecule has 31 heavy (non-hydrogen) atoms. The Labute approximate surface area is 179 Å². The molecule has 0 saturated carbocycles. The Balaban J connectivity index is 1.24. The van der Waals surface area contributed by atoms with Crippen LogP contribution in [0.2, 0.25) is 0 Å². The number of rotatable bonds is 5. The molecule has 0 bridgehead atoms. The Kier molecular flexibility index (Phi) is 4.89. The number of carbonyl (C=O) groups excluding carboxylic acids is 1. The number of benzene rings is 1. The van der Waals surface area contributed by atoms with Gasteiger partial charge >= 0.3 is 0 Å². The van der Waals surface area contributed by atoms with Crippen LogP contribution in [0.15, 0.2) is 53.3 Å². The highest BCUT2D eigenvalue weighted by molar-refractivity contribution is 5.92. The molecule has 1 aliphatic heterocycles. The van der Waals surface area contributed by atoms with Crippen molar-refractivity contribution < 1.29 is 13.9 Å². The number of hydrogen-bond acceptors (Lipinski definition) is 6. The van der Waals surface area contributed by atoms with Crippen LogP contribution in [0.4, 0.5) is 0 Å². The lowest BCUT2D eigenvalue weighted by atomic mass is 10.2. The summed E-state index contributed by atoms with van der Waals surface area (Å²) in [6.45, 7) is 5.43. The maximum Gasteiger partial charge on any atom is 0.275 e. The molecule has 4 heterocycles. The van der Waals surface area contributed by atoms with Gasteiger partial charge in [-0.25, -0.2) is 4.98 Å². The van der Waals surface area contributed by atoms with Crippen molar-refractivity contribution in [3.05, 3.63) is 71.8 Å². The van der Waals surface area contributed by atoms with E-state index in [1.165, 1.54) is 6.26 Å². The standard InChI is InChI=1S/C23H23N5O3/c1-15-11-16(2)28(26-15)18-8-10-27(12-18)23(29)19-13-31-21(25-19)14-30-20-7-3-5-17-6-4-9-24-22(17)20/h3-7,9,11,13,18H,8,10,12,14H2,1-2H3/t18-/m0/s1. The second-order valence-corrected chi connectivity index (χ2v) is 7.81. The molecule has 0 radical (unpaired) electrons. The molecule has 1 amide bonds. The molecule has 3 aromatic heterocycles. The van der Waals surface area contributed by atoms with E-state index in [0.717, 1.165) is 28.7 Å². The van der Waals surface area contributed by atoms with Crippen LogP contribution in [-0.2, 0) is 6.61 Å². The number of likely N-dealkylation sites (tertiary alicyclic amines) is 1. The van der Waals surface area contributed by atoms with Crippen molar-refractivity contribution in [1.29, 1.82) is 0 Å². The van der Waals surface area contributed by atoms with Crippen LogP contribution >= 0.6 is 0 Å². The fraction of sp³-hybridized carbons (Fsp3) is 0.304. The topological polar surface area (TPSA) is 86.3 Å². The first-order valence-corrected chi connectivity index (χ1v) is 10.3. The third-order valence-electron chi connectivity index (χ3n) is 5.56. The molecule has 5 rings (SSSR count). The highest BCUT2D eigenvalue weighted by atomic mass is 16.5. The van der Waals surface area contributed by atoms with E-state index >= 15 is 0 Å². The van der Waals surface area contributed by atoms with Crippen LogP contribution in [-0.4, -0.2) is 43.6 Å². The molecule has 158 valence electrons. The predicted molar refractivity (Wildman–Crippen MR) is 114 cm³/mol. The summed E-state index contributed by atoms with van der Waals surface area (Å²) in [6, 6.07) is 11.9. The number of carbonyl (C=O) groups is 1. The summed E-state index contributed by atoms with van der Waals surface area (Å²) >= 11 is 0. The highest BCUT2D eigenvalue weighted by Gasteiger charge is 2.30. The first kappa shape index (κ1) is 19.3. The van der Waals surface area contributed by atoms with E-state index < -0.39 is 0 Å². The Bertz CT molecular complexity index is 1240. The smallest absolute Gasteiger partial charge is 0.275 e. The molecule has 4 aromatic rings. The Morgan fingerprint density at radius 1 is 1.26 bits per heavy atom. The van der Waals surface area contributed by atoms with E-state index in [9.17, 15) is 4.79 Å². The van der Waals surface area contributed by atoms with Crippen LogP contribution in [0.25, 0.3) is 10.9 Å². The van der Waals surface area contributed by atoms with Gasteiger partial charge in [0.15, 0.2) is 12.3 Å². The second-order valence-electron chi connectivity index (χ2n) is 7.81. The first-order valence-electron chi connectivity index (χ1n) is 10.3. The first-order chi connectivity index (χ1) is 15.1. The van der Waals surface area contributed by atoms with Gasteiger partial charge in [-0.15, -0.1) is 0 Å². The van der Waals surface area contributed by atoms with Gasteiger partial charge < -0.3 is 14.1 Å². The van der Waals surface area contributed by atoms with Gasteiger partial charge in [-0.2, -0.15) is 5.10 Å². The van der Waals surface area contributed by atoms with Gasteiger partial charge in [0.1, 0.15) is 17.5 Å². The van der Waals surface area contributed by atoms with Crippen LogP contribution in [0.3, 0.4) is 0 Å². The zero-order valence-electron chi connectivity index (χ0n) is 17.5. The average molecular weight is 417 g/mol. The van der Waals surface area contributed by atoms with Gasteiger partial charge in [-0.3, -0.25) is 14.5 Å². The van der Waals surface area contributed by atoms with Crippen LogP contribution < -0.4 is 4.74 Å². The largest absolute Gasteiger partial charge is 0.482 e. The average Bonchev–Trinajstić information content (AvgIpc) is 3.51. The zero-order valence-corrected chi connectivity index (χ0v) is 17.5. The number of amides is 1. The molecule has 1 aliphatic rings. The summed E-state index contributed by atoms with van der Waals surface area (Å²) in [5, 5.41) is 5.56. The number of nitrogens with zero attached hydrogens (tertiary/aromatic N) is 5. The number of oxazole rings is 1. The number of aryl methyl sites for hydroxylation is 2. The summed E-state index contributed by atoms with van der Waals surface area (Å²) in [5.41, 5.74) is 3.18. The molecule has 0 aliphatic carbocycles. The van der Waals surface area contributed by atoms with Gasteiger partial charge in [0.05, 0.1) is 11.7 Å². The lowest BCUT2D eigenvalue weighted by Crippen LogP contribution is -2.29. The van der Waals surface area contributed by atoms with E-state index in [1.54, 1.807) is 11.1 Å². The number of para-hydroxylation sites is 1. The molecular formula is C23H23N5O3. The normalized spacial score (nSPS) is 16.2. The minimum atomic E-state index is -0.133. The summed E-state index contributed by atoms with van der Waals surface area (Å²) in [4.78, 5) is 23.4. The SMILES string of the molecule is Cc1cc(C)n([C@H]2CCN(C(=O)c3coc(COc4cccc5cccnc45)n3)C2)n1. The van der Waals surface area contributed by atoms with Gasteiger partial charge in [-0.05, 0) is 38.5 Å². The van der Waals surface area contributed by atoms with Gasteiger partial charge in [0.2, 0.25) is 5.89 Å². The predicted octanol–water partition coefficient (Wildman–Crippen LogP) is 3.70. The summed E-state index contributed by atoms with van der Waals surface area (Å²) in [6.07, 6.45) is 4.00. The zero-order chi connectivity index (χ0) is 21.4. The molecule has 1 saturated heterocycles. The number of pyridine rings is 1. The Morgan fingerprint density at radius 2 is 2.13 bits per heavy atom. The van der Waals surface area contributed by atoms with Gasteiger partial charge in [-0.1, -0.05) is 18.2 Å². The molecular weight excluding hydrogens is 394 g/mol. The van der Waals surface area contributed by atoms with Crippen molar-refractivity contribution in [3.8, 4) is 5.75 Å². The van der Waals surface area contributed by atoms with E-state index in [4.69, 9.17) is 9.15 Å².